The molecule has 15 heavy (non-hydrogen) atoms. The molecule has 0 aliphatic carbocycles. The summed E-state index contributed by atoms with van der Waals surface area (Å²) in [5.41, 5.74) is 0. The van der Waals surface area contributed by atoms with Crippen LogP contribution in [-0.2, 0) is 4.74 Å². The molecule has 0 bridgehead atoms. The predicted octanol–water partition coefficient (Wildman–Crippen LogP) is 2.77. The third-order valence-electron chi connectivity index (χ3n) is 1.64. The quantitative estimate of drug-likeness (QED) is 0.552. The largest absolute Gasteiger partial charge is 0.522 e. The lowest BCUT2D eigenvalue weighted by Gasteiger charge is -2.13. The van der Waals surface area contributed by atoms with Gasteiger partial charge in [-0.3, -0.25) is 4.74 Å². The maximum atomic E-state index is 11.5. The molecule has 0 fully saturated rings. The van der Waals surface area contributed by atoms with Crippen LogP contribution in [0, 0.1) is 5.92 Å². The highest BCUT2D eigenvalue weighted by atomic mass is 35.5. The summed E-state index contributed by atoms with van der Waals surface area (Å²) in [5, 5.41) is 2.76. The van der Waals surface area contributed by atoms with E-state index in [1.165, 1.54) is 0 Å². The van der Waals surface area contributed by atoms with E-state index < -0.39 is 6.36 Å². The third-order valence-corrected chi connectivity index (χ3v) is 1.97. The zero-order valence-corrected chi connectivity index (χ0v) is 9.66. The molecule has 1 N–H and O–H groups in total. The summed E-state index contributed by atoms with van der Waals surface area (Å²) in [4.78, 5) is 0. The number of ether oxygens (including phenoxy) is 1. The fourth-order valence-corrected chi connectivity index (χ4v) is 1.56. The third kappa shape index (κ3) is 11.9. The summed E-state index contributed by atoms with van der Waals surface area (Å²) in [6.45, 7) is 4.36. The Morgan fingerprint density at radius 2 is 1.93 bits per heavy atom. The first-order valence-corrected chi connectivity index (χ1v) is 5.30. The summed E-state index contributed by atoms with van der Waals surface area (Å²) >= 11 is 5.92. The van der Waals surface area contributed by atoms with Gasteiger partial charge < -0.3 is 5.32 Å². The molecule has 0 heterocycles. The minimum Gasteiger partial charge on any atom is -0.313 e. The second-order valence-corrected chi connectivity index (χ2v) is 4.34. The second-order valence-electron chi connectivity index (χ2n) is 3.73. The first-order valence-electron chi connectivity index (χ1n) is 4.86. The van der Waals surface area contributed by atoms with Gasteiger partial charge in [0.2, 0.25) is 0 Å². The van der Waals surface area contributed by atoms with E-state index in [1.807, 2.05) is 13.8 Å². The Balaban J connectivity index is 3.31. The van der Waals surface area contributed by atoms with Crippen molar-refractivity contribution in [3.8, 4) is 0 Å². The molecule has 1 unspecified atom stereocenters. The Labute approximate surface area is 93.1 Å². The normalized spacial score (nSPS) is 14.6. The molecule has 0 rings (SSSR count). The smallest absolute Gasteiger partial charge is 0.313 e. The molecule has 0 saturated carbocycles. The molecule has 6 heteroatoms. The summed E-state index contributed by atoms with van der Waals surface area (Å²) in [6, 6.07) is 0. The van der Waals surface area contributed by atoms with Crippen LogP contribution in [0.2, 0.25) is 0 Å². The average Bonchev–Trinajstić information content (AvgIpc) is 1.99. The van der Waals surface area contributed by atoms with Crippen LogP contribution in [0.5, 0.6) is 0 Å². The van der Waals surface area contributed by atoms with E-state index in [-0.39, 0.29) is 18.5 Å². The van der Waals surface area contributed by atoms with Crippen LogP contribution in [0.1, 0.15) is 20.3 Å². The molecule has 2 nitrogen and oxygen atoms in total. The van der Waals surface area contributed by atoms with Crippen LogP contribution in [0.25, 0.3) is 0 Å². The van der Waals surface area contributed by atoms with Crippen molar-refractivity contribution in [3.63, 3.8) is 0 Å². The lowest BCUT2D eigenvalue weighted by Crippen LogP contribution is -2.29. The summed E-state index contributed by atoms with van der Waals surface area (Å²) in [6.07, 6.45) is -3.70. The van der Waals surface area contributed by atoms with Gasteiger partial charge in [0.05, 0.1) is 6.61 Å². The van der Waals surface area contributed by atoms with Crippen molar-refractivity contribution in [1.29, 1.82) is 0 Å². The van der Waals surface area contributed by atoms with E-state index in [0.29, 0.717) is 12.5 Å². The van der Waals surface area contributed by atoms with Crippen LogP contribution in [-0.4, -0.2) is 31.4 Å². The van der Waals surface area contributed by atoms with E-state index in [9.17, 15) is 13.2 Å². The average molecular weight is 248 g/mol. The molecule has 0 saturated heterocycles. The van der Waals surface area contributed by atoms with E-state index in [4.69, 9.17) is 11.6 Å². The Morgan fingerprint density at radius 3 is 2.40 bits per heavy atom. The van der Waals surface area contributed by atoms with Gasteiger partial charge in [-0.2, -0.15) is 0 Å². The van der Waals surface area contributed by atoms with Crippen molar-refractivity contribution in [2.24, 2.45) is 5.92 Å². The molecular formula is C9H17ClF3NO. The van der Waals surface area contributed by atoms with Gasteiger partial charge in [-0.25, -0.2) is 0 Å². The van der Waals surface area contributed by atoms with Gasteiger partial charge in [-0.05, 0) is 12.3 Å². The van der Waals surface area contributed by atoms with Crippen molar-refractivity contribution in [3.05, 3.63) is 0 Å². The van der Waals surface area contributed by atoms with Crippen molar-refractivity contribution < 1.29 is 17.9 Å². The minimum absolute atomic E-state index is 0.0455. The summed E-state index contributed by atoms with van der Waals surface area (Å²) in [5.74, 6) is 0.487. The molecule has 92 valence electrons. The van der Waals surface area contributed by atoms with Gasteiger partial charge in [0, 0.05) is 18.5 Å². The van der Waals surface area contributed by atoms with Crippen molar-refractivity contribution in [2.75, 3.05) is 19.7 Å². The Hall–Kier alpha value is -0.0000000000000000555. The number of halogens is 4. The fourth-order valence-electron chi connectivity index (χ4n) is 1.09. The summed E-state index contributed by atoms with van der Waals surface area (Å²) < 4.78 is 38.2. The molecular weight excluding hydrogens is 231 g/mol. The van der Waals surface area contributed by atoms with Crippen molar-refractivity contribution >= 4 is 11.6 Å². The number of hydrogen-bond acceptors (Lipinski definition) is 2. The van der Waals surface area contributed by atoms with E-state index in [0.717, 1.165) is 6.42 Å². The molecule has 0 aliphatic rings. The first kappa shape index (κ1) is 15.0. The Bertz CT molecular complexity index is 164. The van der Waals surface area contributed by atoms with Gasteiger partial charge in [0.25, 0.3) is 0 Å². The lowest BCUT2D eigenvalue weighted by molar-refractivity contribution is -0.323. The van der Waals surface area contributed by atoms with Crippen LogP contribution in [0.15, 0.2) is 0 Å². The lowest BCUT2D eigenvalue weighted by atomic mass is 10.1. The number of hydrogen-bond donors (Lipinski definition) is 1. The molecule has 0 aromatic carbocycles. The Kier molecular flexibility index (Phi) is 7.30. The van der Waals surface area contributed by atoms with Crippen LogP contribution < -0.4 is 5.32 Å². The number of alkyl halides is 4. The topological polar surface area (TPSA) is 21.3 Å². The van der Waals surface area contributed by atoms with E-state index in [2.05, 4.69) is 10.1 Å². The Morgan fingerprint density at radius 1 is 1.33 bits per heavy atom. The van der Waals surface area contributed by atoms with Gasteiger partial charge in [-0.1, -0.05) is 13.8 Å². The molecule has 0 radical (unpaired) electrons. The monoisotopic (exact) mass is 247 g/mol. The fraction of sp³-hybridized carbons (Fsp3) is 1.00. The number of nitrogens with one attached hydrogen (secondary N) is 1. The molecule has 1 atom stereocenters. The zero-order valence-electron chi connectivity index (χ0n) is 8.90. The second kappa shape index (κ2) is 7.30. The van der Waals surface area contributed by atoms with Gasteiger partial charge >= 0.3 is 6.36 Å². The van der Waals surface area contributed by atoms with E-state index >= 15 is 0 Å². The first-order chi connectivity index (χ1) is 6.81. The predicted molar refractivity (Wildman–Crippen MR) is 54.0 cm³/mol. The zero-order chi connectivity index (χ0) is 11.9. The number of rotatable bonds is 7. The molecule has 0 aliphatic heterocycles. The van der Waals surface area contributed by atoms with Crippen molar-refractivity contribution in [2.45, 2.75) is 32.0 Å². The summed E-state index contributed by atoms with van der Waals surface area (Å²) in [7, 11) is 0. The maximum absolute atomic E-state index is 11.5. The van der Waals surface area contributed by atoms with Gasteiger partial charge in [-0.15, -0.1) is 24.8 Å². The van der Waals surface area contributed by atoms with Crippen molar-refractivity contribution in [1.82, 2.24) is 5.32 Å². The van der Waals surface area contributed by atoms with Gasteiger partial charge in [0.1, 0.15) is 0 Å². The molecule has 0 amide bonds. The molecule has 0 aromatic heterocycles. The molecule has 0 aromatic rings. The highest BCUT2D eigenvalue weighted by Crippen LogP contribution is 2.15. The highest BCUT2D eigenvalue weighted by Gasteiger charge is 2.28. The standard InChI is InChI=1S/C9H17ClF3NO/c1-7(2)5-8(10)6-14-3-4-15-9(11,12)13/h7-8,14H,3-6H2,1-2H3. The van der Waals surface area contributed by atoms with Crippen LogP contribution in [0.4, 0.5) is 13.2 Å². The van der Waals surface area contributed by atoms with Crippen LogP contribution >= 0.6 is 11.6 Å². The minimum atomic E-state index is -4.54. The highest BCUT2D eigenvalue weighted by molar-refractivity contribution is 6.20. The SMILES string of the molecule is CC(C)CC(Cl)CNCCOC(F)(F)F. The molecule has 0 spiro atoms. The van der Waals surface area contributed by atoms with Gasteiger partial charge in [0.15, 0.2) is 0 Å². The maximum Gasteiger partial charge on any atom is 0.522 e. The van der Waals surface area contributed by atoms with E-state index in [1.54, 1.807) is 0 Å². The van der Waals surface area contributed by atoms with Crippen LogP contribution in [0.3, 0.4) is 0 Å².